The molecule has 6 nitrogen and oxygen atoms in total. The van der Waals surface area contributed by atoms with Gasteiger partial charge in [-0.3, -0.25) is 14.4 Å². The number of halogens is 4. The van der Waals surface area contributed by atoms with Crippen molar-refractivity contribution in [2.45, 2.75) is 11.1 Å². The highest BCUT2D eigenvalue weighted by Gasteiger charge is 2.33. The molecule has 0 saturated heterocycles. The molecule has 0 aliphatic carbocycles. The van der Waals surface area contributed by atoms with Crippen LogP contribution >= 0.6 is 11.8 Å². The molecule has 3 N–H and O–H groups in total. The fraction of sp³-hybridized carbons (Fsp3) is 0.0645. The molecule has 0 fully saturated rings. The number of hydrogen-bond donors (Lipinski definition) is 3. The highest BCUT2D eigenvalue weighted by atomic mass is 32.2. The van der Waals surface area contributed by atoms with Crippen LogP contribution in [0, 0.1) is 5.82 Å². The van der Waals surface area contributed by atoms with Gasteiger partial charge in [-0.1, -0.05) is 48.5 Å². The number of carbonyl (C=O) groups is 3. The topological polar surface area (TPSA) is 87.3 Å². The largest absolute Gasteiger partial charge is 0.418 e. The molecule has 11 heteroatoms. The van der Waals surface area contributed by atoms with Crippen LogP contribution in [-0.2, 0) is 15.8 Å². The predicted octanol–water partition coefficient (Wildman–Crippen LogP) is 6.98. The average Bonchev–Trinajstić information content (AvgIpc) is 2.97. The molecule has 0 radical (unpaired) electrons. The molecule has 4 rings (SSSR count). The van der Waals surface area contributed by atoms with E-state index in [1.165, 1.54) is 42.5 Å². The first-order valence-corrected chi connectivity index (χ1v) is 13.4. The molecule has 0 saturated carbocycles. The molecule has 42 heavy (non-hydrogen) atoms. The van der Waals surface area contributed by atoms with Crippen molar-refractivity contribution in [1.82, 2.24) is 5.32 Å². The fourth-order valence-corrected chi connectivity index (χ4v) is 4.40. The molecule has 4 aromatic carbocycles. The van der Waals surface area contributed by atoms with Crippen molar-refractivity contribution >= 4 is 46.9 Å². The summed E-state index contributed by atoms with van der Waals surface area (Å²) in [5.74, 6) is -2.61. The second-order valence-corrected chi connectivity index (χ2v) is 9.81. The Morgan fingerprint density at radius 3 is 2.10 bits per heavy atom. The van der Waals surface area contributed by atoms with Crippen molar-refractivity contribution in [1.29, 1.82) is 0 Å². The van der Waals surface area contributed by atoms with E-state index in [9.17, 15) is 31.9 Å². The van der Waals surface area contributed by atoms with Crippen LogP contribution in [0.1, 0.15) is 21.5 Å². The van der Waals surface area contributed by atoms with E-state index in [4.69, 9.17) is 0 Å². The lowest BCUT2D eigenvalue weighted by atomic mass is 10.1. The summed E-state index contributed by atoms with van der Waals surface area (Å²) in [4.78, 5) is 38.7. The maximum absolute atomic E-state index is 14.3. The third-order valence-corrected chi connectivity index (χ3v) is 6.73. The minimum Gasteiger partial charge on any atom is -0.325 e. The Kier molecular flexibility index (Phi) is 9.77. The normalized spacial score (nSPS) is 11.5. The fourth-order valence-electron chi connectivity index (χ4n) is 3.70. The van der Waals surface area contributed by atoms with Crippen molar-refractivity contribution in [3.05, 3.63) is 131 Å². The van der Waals surface area contributed by atoms with E-state index in [-0.39, 0.29) is 22.7 Å². The summed E-state index contributed by atoms with van der Waals surface area (Å²) in [6, 6.07) is 25.0. The minimum absolute atomic E-state index is 0.0962. The molecule has 0 unspecified atom stereocenters. The third kappa shape index (κ3) is 8.31. The first-order valence-electron chi connectivity index (χ1n) is 12.4. The van der Waals surface area contributed by atoms with Gasteiger partial charge in [-0.15, -0.1) is 11.8 Å². The van der Waals surface area contributed by atoms with E-state index in [1.807, 2.05) is 0 Å². The van der Waals surface area contributed by atoms with E-state index in [0.717, 1.165) is 17.8 Å². The molecule has 0 atom stereocenters. The first-order chi connectivity index (χ1) is 20.1. The highest BCUT2D eigenvalue weighted by molar-refractivity contribution is 8.00. The summed E-state index contributed by atoms with van der Waals surface area (Å²) in [6.45, 7) is 0. The Labute approximate surface area is 242 Å². The number of para-hydroxylation sites is 1. The average molecular weight is 594 g/mol. The van der Waals surface area contributed by atoms with Crippen LogP contribution in [0.4, 0.5) is 28.9 Å². The molecule has 0 aliphatic heterocycles. The number of anilines is 2. The Bertz CT molecular complexity index is 1610. The van der Waals surface area contributed by atoms with Crippen molar-refractivity contribution in [3.8, 4) is 0 Å². The molecule has 0 spiro atoms. The summed E-state index contributed by atoms with van der Waals surface area (Å²) >= 11 is 1.09. The molecular weight excluding hydrogens is 570 g/mol. The van der Waals surface area contributed by atoms with Gasteiger partial charge < -0.3 is 16.0 Å². The number of alkyl halides is 3. The van der Waals surface area contributed by atoms with Crippen LogP contribution in [0.3, 0.4) is 0 Å². The zero-order chi connectivity index (χ0) is 30.1. The van der Waals surface area contributed by atoms with Crippen LogP contribution in [0.2, 0.25) is 0 Å². The third-order valence-electron chi connectivity index (χ3n) is 5.72. The molecule has 214 valence electrons. The van der Waals surface area contributed by atoms with E-state index < -0.39 is 35.3 Å². The van der Waals surface area contributed by atoms with Gasteiger partial charge in [0, 0.05) is 21.7 Å². The quantitative estimate of drug-likeness (QED) is 0.111. The maximum Gasteiger partial charge on any atom is 0.418 e. The summed E-state index contributed by atoms with van der Waals surface area (Å²) in [6.07, 6.45) is -3.38. The lowest BCUT2D eigenvalue weighted by Gasteiger charge is -2.13. The zero-order valence-corrected chi connectivity index (χ0v) is 22.6. The minimum atomic E-state index is -4.61. The van der Waals surface area contributed by atoms with Crippen molar-refractivity contribution in [2.75, 3.05) is 16.4 Å². The summed E-state index contributed by atoms with van der Waals surface area (Å²) < 4.78 is 53.8. The van der Waals surface area contributed by atoms with E-state index in [0.29, 0.717) is 16.1 Å². The van der Waals surface area contributed by atoms with Gasteiger partial charge in [0.1, 0.15) is 11.5 Å². The maximum atomic E-state index is 14.3. The van der Waals surface area contributed by atoms with Gasteiger partial charge in [0.05, 0.1) is 17.0 Å². The van der Waals surface area contributed by atoms with Gasteiger partial charge in [-0.05, 0) is 60.7 Å². The van der Waals surface area contributed by atoms with Crippen LogP contribution in [0.15, 0.2) is 114 Å². The summed E-state index contributed by atoms with van der Waals surface area (Å²) in [7, 11) is 0. The van der Waals surface area contributed by atoms with Gasteiger partial charge in [0.25, 0.3) is 11.8 Å². The number of thioether (sulfide) groups is 1. The molecular formula is C31H23F4N3O3S. The van der Waals surface area contributed by atoms with Crippen LogP contribution in [-0.4, -0.2) is 23.5 Å². The summed E-state index contributed by atoms with van der Waals surface area (Å²) in [5, 5.41) is 7.46. The Morgan fingerprint density at radius 2 is 1.40 bits per heavy atom. The number of hydrogen-bond acceptors (Lipinski definition) is 4. The van der Waals surface area contributed by atoms with Gasteiger partial charge >= 0.3 is 6.18 Å². The number of benzene rings is 4. The van der Waals surface area contributed by atoms with Crippen molar-refractivity contribution in [3.63, 3.8) is 0 Å². The number of carbonyl (C=O) groups excluding carboxylic acids is 3. The number of amides is 3. The molecule has 0 heterocycles. The number of rotatable bonds is 9. The highest BCUT2D eigenvalue weighted by Crippen LogP contribution is 2.34. The van der Waals surface area contributed by atoms with Crippen LogP contribution in [0.25, 0.3) is 6.08 Å². The first kappa shape index (κ1) is 30.1. The Balaban J connectivity index is 1.41. The van der Waals surface area contributed by atoms with E-state index >= 15 is 0 Å². The predicted molar refractivity (Wildman–Crippen MR) is 154 cm³/mol. The molecule has 0 aliphatic rings. The lowest BCUT2D eigenvalue weighted by Crippen LogP contribution is -2.30. The zero-order valence-electron chi connectivity index (χ0n) is 21.7. The lowest BCUT2D eigenvalue weighted by molar-refractivity contribution is -0.137. The monoisotopic (exact) mass is 593 g/mol. The van der Waals surface area contributed by atoms with E-state index in [2.05, 4.69) is 16.0 Å². The molecule has 4 aromatic rings. The molecule has 0 aromatic heterocycles. The van der Waals surface area contributed by atoms with Gasteiger partial charge in [-0.25, -0.2) is 4.39 Å². The van der Waals surface area contributed by atoms with Crippen molar-refractivity contribution < 1.29 is 31.9 Å². The Morgan fingerprint density at radius 1 is 0.762 bits per heavy atom. The SMILES string of the molecule is O=C(CSc1ccc(NC(=O)/C(=C/c2ccccc2F)NC(=O)c2ccccc2)cc1)Nc1ccccc1C(F)(F)F. The standard InChI is InChI=1S/C31H23F4N3O3S/c32-25-12-6-4-10-21(25)18-27(38-29(40)20-8-2-1-3-9-20)30(41)36-22-14-16-23(17-15-22)42-19-28(39)37-26-13-7-5-11-24(26)31(33,34)35/h1-18H,19H2,(H,36,41)(H,37,39)(H,38,40)/b27-18-. The van der Waals surface area contributed by atoms with Crippen LogP contribution in [0.5, 0.6) is 0 Å². The summed E-state index contributed by atoms with van der Waals surface area (Å²) in [5.41, 5.74) is -0.709. The van der Waals surface area contributed by atoms with E-state index in [1.54, 1.807) is 60.7 Å². The smallest absolute Gasteiger partial charge is 0.325 e. The molecule has 3 amide bonds. The second-order valence-electron chi connectivity index (χ2n) is 8.76. The second kappa shape index (κ2) is 13.6. The van der Waals surface area contributed by atoms with Gasteiger partial charge in [0.2, 0.25) is 5.91 Å². The Hall–Kier alpha value is -4.90. The van der Waals surface area contributed by atoms with Gasteiger partial charge in [0.15, 0.2) is 0 Å². The number of nitrogens with one attached hydrogen (secondary N) is 3. The van der Waals surface area contributed by atoms with Crippen molar-refractivity contribution in [2.24, 2.45) is 0 Å². The van der Waals surface area contributed by atoms with Crippen LogP contribution < -0.4 is 16.0 Å². The molecule has 0 bridgehead atoms. The van der Waals surface area contributed by atoms with Gasteiger partial charge in [-0.2, -0.15) is 13.2 Å².